The molecule has 1 rings (SSSR count). The van der Waals surface area contributed by atoms with Crippen LogP contribution in [0.3, 0.4) is 0 Å². The van der Waals surface area contributed by atoms with Gasteiger partial charge in [0.15, 0.2) is 6.29 Å². The summed E-state index contributed by atoms with van der Waals surface area (Å²) >= 11 is 0. The maximum atomic E-state index is 5.44. The number of rotatable bonds is 2. The first-order valence-electron chi connectivity index (χ1n) is 3.55. The van der Waals surface area contributed by atoms with Gasteiger partial charge in [0.25, 0.3) is 0 Å². The largest absolute Gasteiger partial charge is 0.356 e. The molecule has 1 saturated heterocycles. The van der Waals surface area contributed by atoms with Crippen LogP contribution in [0, 0.1) is 0 Å². The van der Waals surface area contributed by atoms with E-state index in [1.807, 2.05) is 0 Å². The zero-order valence-electron chi connectivity index (χ0n) is 6.09. The molecule has 0 aromatic rings. The van der Waals surface area contributed by atoms with Crippen LogP contribution < -0.4 is 0 Å². The quantitative estimate of drug-likeness (QED) is 0.564. The van der Waals surface area contributed by atoms with Gasteiger partial charge < -0.3 is 9.47 Å². The number of hydrogen-bond donors (Lipinski definition) is 0. The molecule has 9 heavy (non-hydrogen) atoms. The lowest BCUT2D eigenvalue weighted by molar-refractivity contribution is -0.114. The summed E-state index contributed by atoms with van der Waals surface area (Å²) in [7, 11) is 1.70. The van der Waals surface area contributed by atoms with Crippen molar-refractivity contribution in [3.63, 3.8) is 0 Å². The van der Waals surface area contributed by atoms with E-state index in [1.165, 1.54) is 0 Å². The second kappa shape index (κ2) is 3.18. The third-order valence-corrected chi connectivity index (χ3v) is 1.79. The van der Waals surface area contributed by atoms with Crippen LogP contribution >= 0.6 is 0 Å². The van der Waals surface area contributed by atoms with E-state index in [1.54, 1.807) is 7.11 Å². The van der Waals surface area contributed by atoms with Crippen molar-refractivity contribution in [1.29, 1.82) is 0 Å². The Bertz CT molecular complexity index is 73.0. The molecule has 2 heteroatoms. The first-order valence-corrected chi connectivity index (χ1v) is 3.55. The van der Waals surface area contributed by atoms with Crippen LogP contribution in [0.2, 0.25) is 0 Å². The van der Waals surface area contributed by atoms with Crippen molar-refractivity contribution in [2.24, 2.45) is 0 Å². The molecule has 0 saturated carbocycles. The normalized spacial score (nSPS) is 35.3. The van der Waals surface area contributed by atoms with Crippen molar-refractivity contribution in [2.45, 2.75) is 38.6 Å². The van der Waals surface area contributed by atoms with E-state index in [0.29, 0.717) is 6.10 Å². The number of hydrogen-bond acceptors (Lipinski definition) is 2. The standard InChI is InChI=1S/C7H14O2/c1-3-6-4-5-7(8-2)9-6/h6-7H,3-5H2,1-2H3/t6-,7-/m1/s1. The molecule has 1 heterocycles. The average Bonchev–Trinajstić information content (AvgIpc) is 2.34. The smallest absolute Gasteiger partial charge is 0.157 e. The summed E-state index contributed by atoms with van der Waals surface area (Å²) in [6.07, 6.45) is 3.87. The topological polar surface area (TPSA) is 18.5 Å². The first kappa shape index (κ1) is 7.03. The molecule has 0 radical (unpaired) electrons. The Hall–Kier alpha value is -0.0800. The van der Waals surface area contributed by atoms with Gasteiger partial charge in [-0.3, -0.25) is 0 Å². The van der Waals surface area contributed by atoms with Gasteiger partial charge in [-0.2, -0.15) is 0 Å². The molecule has 0 aromatic carbocycles. The second-order valence-electron chi connectivity index (χ2n) is 2.41. The number of methoxy groups -OCH3 is 1. The van der Waals surface area contributed by atoms with E-state index in [-0.39, 0.29) is 6.29 Å². The molecule has 1 aliphatic rings. The van der Waals surface area contributed by atoms with Crippen LogP contribution in [0.5, 0.6) is 0 Å². The van der Waals surface area contributed by atoms with Gasteiger partial charge >= 0.3 is 0 Å². The van der Waals surface area contributed by atoms with E-state index < -0.39 is 0 Å². The molecule has 0 amide bonds. The Balaban J connectivity index is 2.20. The maximum Gasteiger partial charge on any atom is 0.157 e. The van der Waals surface area contributed by atoms with Gasteiger partial charge in [-0.25, -0.2) is 0 Å². The summed E-state index contributed by atoms with van der Waals surface area (Å²) in [5, 5.41) is 0. The van der Waals surface area contributed by atoms with Crippen molar-refractivity contribution in [1.82, 2.24) is 0 Å². The fourth-order valence-corrected chi connectivity index (χ4v) is 1.15. The third kappa shape index (κ3) is 1.66. The molecule has 0 aromatic heterocycles. The lowest BCUT2D eigenvalue weighted by Gasteiger charge is -2.09. The van der Waals surface area contributed by atoms with E-state index in [2.05, 4.69) is 6.92 Å². The van der Waals surface area contributed by atoms with Gasteiger partial charge in [0.05, 0.1) is 6.10 Å². The monoisotopic (exact) mass is 130 g/mol. The van der Waals surface area contributed by atoms with Crippen molar-refractivity contribution >= 4 is 0 Å². The van der Waals surface area contributed by atoms with Crippen LogP contribution in [0.15, 0.2) is 0 Å². The predicted octanol–water partition coefficient (Wildman–Crippen LogP) is 1.55. The van der Waals surface area contributed by atoms with E-state index >= 15 is 0 Å². The molecule has 0 bridgehead atoms. The van der Waals surface area contributed by atoms with E-state index in [4.69, 9.17) is 9.47 Å². The fourth-order valence-electron chi connectivity index (χ4n) is 1.15. The predicted molar refractivity (Wildman–Crippen MR) is 35.2 cm³/mol. The molecule has 2 nitrogen and oxygen atoms in total. The van der Waals surface area contributed by atoms with Crippen molar-refractivity contribution in [3.8, 4) is 0 Å². The molecular weight excluding hydrogens is 116 g/mol. The SMILES string of the molecule is CC[C@@H]1CC[C@H](OC)O1. The highest BCUT2D eigenvalue weighted by Crippen LogP contribution is 2.21. The summed E-state index contributed by atoms with van der Waals surface area (Å²) in [6, 6.07) is 0. The highest BCUT2D eigenvalue weighted by Gasteiger charge is 2.22. The molecule has 0 spiro atoms. The van der Waals surface area contributed by atoms with E-state index in [0.717, 1.165) is 19.3 Å². The summed E-state index contributed by atoms with van der Waals surface area (Å²) in [6.45, 7) is 2.14. The Morgan fingerprint density at radius 2 is 2.33 bits per heavy atom. The van der Waals surface area contributed by atoms with Crippen molar-refractivity contribution in [3.05, 3.63) is 0 Å². The Morgan fingerprint density at radius 3 is 2.67 bits per heavy atom. The first-order chi connectivity index (χ1) is 4.36. The van der Waals surface area contributed by atoms with Gasteiger partial charge in [-0.05, 0) is 12.8 Å². The minimum Gasteiger partial charge on any atom is -0.356 e. The van der Waals surface area contributed by atoms with Crippen molar-refractivity contribution < 1.29 is 9.47 Å². The lowest BCUT2D eigenvalue weighted by Crippen LogP contribution is -2.11. The summed E-state index contributed by atoms with van der Waals surface area (Å²) in [5.41, 5.74) is 0. The van der Waals surface area contributed by atoms with Gasteiger partial charge in [0.1, 0.15) is 0 Å². The van der Waals surface area contributed by atoms with Crippen LogP contribution in [-0.4, -0.2) is 19.5 Å². The van der Waals surface area contributed by atoms with Gasteiger partial charge in [0, 0.05) is 13.5 Å². The fraction of sp³-hybridized carbons (Fsp3) is 1.00. The summed E-state index contributed by atoms with van der Waals surface area (Å²) < 4.78 is 10.5. The number of ether oxygens (including phenoxy) is 2. The molecule has 0 N–H and O–H groups in total. The highest BCUT2D eigenvalue weighted by molar-refractivity contribution is 4.65. The molecule has 54 valence electrons. The molecule has 0 aliphatic carbocycles. The van der Waals surface area contributed by atoms with Gasteiger partial charge in [-0.15, -0.1) is 0 Å². The molecule has 1 fully saturated rings. The van der Waals surface area contributed by atoms with Gasteiger partial charge in [0.2, 0.25) is 0 Å². The molecular formula is C7H14O2. The zero-order valence-corrected chi connectivity index (χ0v) is 6.09. The zero-order chi connectivity index (χ0) is 6.69. The lowest BCUT2D eigenvalue weighted by atomic mass is 10.2. The average molecular weight is 130 g/mol. The van der Waals surface area contributed by atoms with Crippen molar-refractivity contribution in [2.75, 3.05) is 7.11 Å². The van der Waals surface area contributed by atoms with Crippen LogP contribution in [-0.2, 0) is 9.47 Å². The molecule has 2 atom stereocenters. The van der Waals surface area contributed by atoms with E-state index in [9.17, 15) is 0 Å². The molecule has 0 unspecified atom stereocenters. The Morgan fingerprint density at radius 1 is 1.56 bits per heavy atom. The Kier molecular flexibility index (Phi) is 2.49. The minimum absolute atomic E-state index is 0.0787. The van der Waals surface area contributed by atoms with Crippen LogP contribution in [0.4, 0.5) is 0 Å². The van der Waals surface area contributed by atoms with Crippen LogP contribution in [0.1, 0.15) is 26.2 Å². The maximum absolute atomic E-state index is 5.44. The highest BCUT2D eigenvalue weighted by atomic mass is 16.7. The third-order valence-electron chi connectivity index (χ3n) is 1.79. The summed E-state index contributed by atoms with van der Waals surface area (Å²) in [4.78, 5) is 0. The summed E-state index contributed by atoms with van der Waals surface area (Å²) in [5.74, 6) is 0. The molecule has 1 aliphatic heterocycles. The van der Waals surface area contributed by atoms with Crippen LogP contribution in [0.25, 0.3) is 0 Å². The van der Waals surface area contributed by atoms with Gasteiger partial charge in [-0.1, -0.05) is 6.92 Å². The second-order valence-corrected chi connectivity index (χ2v) is 2.41. The Labute approximate surface area is 56.2 Å². The minimum atomic E-state index is 0.0787.